The summed E-state index contributed by atoms with van der Waals surface area (Å²) in [5.74, 6) is -0.756. The van der Waals surface area contributed by atoms with E-state index in [0.717, 1.165) is 11.1 Å². The molecule has 0 aliphatic rings. The summed E-state index contributed by atoms with van der Waals surface area (Å²) >= 11 is 15.8. The first-order valence-corrected chi connectivity index (χ1v) is 25.0. The SMILES string of the molecule is C=CCOC[C@H](COS(=O)(=O)c1ccc(C)cc1)Oc1c(Cl)c(C)c(-c2c(-c3ccc(F)cc3)sc3ncnc(OC(Cc4cc(O)ccc4OCc4ccccc4)C(=O)OC(C)(C)C)c23)c(C)c1Cl. The molecule has 0 saturated heterocycles. The van der Waals surface area contributed by atoms with E-state index in [1.54, 1.807) is 65.0 Å². The predicted molar refractivity (Wildman–Crippen MR) is 270 cm³/mol. The van der Waals surface area contributed by atoms with Crippen molar-refractivity contribution in [3.8, 4) is 44.7 Å². The highest BCUT2D eigenvalue weighted by atomic mass is 35.5. The lowest BCUT2D eigenvalue weighted by Gasteiger charge is -2.25. The Balaban J connectivity index is 1.33. The number of fused-ring (bicyclic) bond motifs is 1. The largest absolute Gasteiger partial charge is 0.508 e. The maximum Gasteiger partial charge on any atom is 0.348 e. The second kappa shape index (κ2) is 22.3. The molecule has 0 amide bonds. The van der Waals surface area contributed by atoms with Gasteiger partial charge < -0.3 is 28.8 Å². The third-order valence-corrected chi connectivity index (χ3v) is 14.1. The zero-order valence-corrected chi connectivity index (χ0v) is 42.4. The molecular weight excluding hydrogens is 979 g/mol. The van der Waals surface area contributed by atoms with Crippen LogP contribution in [0, 0.1) is 26.6 Å². The van der Waals surface area contributed by atoms with Crippen LogP contribution in [0.5, 0.6) is 23.1 Å². The van der Waals surface area contributed by atoms with Gasteiger partial charge in [-0.15, -0.1) is 17.9 Å². The number of hydrogen-bond acceptors (Lipinski definition) is 13. The number of phenolic OH excluding ortho intramolecular Hbond substituents is 1. The van der Waals surface area contributed by atoms with Crippen molar-refractivity contribution in [2.24, 2.45) is 0 Å². The Morgan fingerprint density at radius 3 is 2.23 bits per heavy atom. The van der Waals surface area contributed by atoms with Gasteiger partial charge >= 0.3 is 5.97 Å². The normalized spacial score (nSPS) is 12.6. The fraction of sp³-hybridized carbons (Fsp3) is 0.264. The number of phenols is 1. The standard InChI is InChI=1S/C53H51Cl2FN2O10S2/c1-8-24-63-28-39(29-65-70(61,62)40-21-14-31(2)15-22-40)66-48-46(54)32(3)43(33(4)47(48)55)44-45-50(57-30-58-51(45)69-49(44)35-16-18-37(56)19-17-35)67-42(52(60)68-53(5,6)7)26-36-25-38(59)20-23-41(36)64-27-34-12-10-9-11-13-34/h8-23,25,30,39,42,59H,1,24,26-29H2,2-7H3/t39-,42?/m1/s1. The first kappa shape index (κ1) is 51.8. The number of carbonyl (C=O) groups excluding carboxylic acids is 1. The number of aryl methyl sites for hydroxylation is 1. The molecule has 2 atom stereocenters. The molecule has 0 saturated carbocycles. The number of thiophene rings is 1. The zero-order valence-electron chi connectivity index (χ0n) is 39.3. The van der Waals surface area contributed by atoms with Crippen LogP contribution in [0.15, 0.2) is 121 Å². The molecule has 1 unspecified atom stereocenters. The lowest BCUT2D eigenvalue weighted by Crippen LogP contribution is -2.37. The van der Waals surface area contributed by atoms with Crippen molar-refractivity contribution < 1.29 is 50.6 Å². The van der Waals surface area contributed by atoms with Crippen LogP contribution in [0.4, 0.5) is 4.39 Å². The number of rotatable bonds is 20. The van der Waals surface area contributed by atoms with E-state index < -0.39 is 46.3 Å². The number of halogens is 3. The molecule has 0 aliphatic carbocycles. The molecule has 1 N–H and O–H groups in total. The van der Waals surface area contributed by atoms with Gasteiger partial charge in [-0.25, -0.2) is 19.2 Å². The molecule has 2 heterocycles. The molecule has 0 spiro atoms. The van der Waals surface area contributed by atoms with Gasteiger partial charge in [0.15, 0.2) is 5.75 Å². The van der Waals surface area contributed by atoms with E-state index in [-0.39, 0.29) is 58.6 Å². The van der Waals surface area contributed by atoms with Gasteiger partial charge in [-0.05, 0) is 112 Å². The van der Waals surface area contributed by atoms with Gasteiger partial charge in [-0.3, -0.25) is 4.18 Å². The Hall–Kier alpha value is -6.07. The molecule has 0 bridgehead atoms. The molecule has 0 radical (unpaired) electrons. The van der Waals surface area contributed by atoms with E-state index in [9.17, 15) is 22.7 Å². The molecule has 0 aliphatic heterocycles. The first-order valence-electron chi connectivity index (χ1n) is 22.0. The number of ether oxygens (including phenoxy) is 5. The fourth-order valence-corrected chi connectivity index (χ4v) is 10.0. The van der Waals surface area contributed by atoms with Crippen molar-refractivity contribution >= 4 is 60.8 Å². The van der Waals surface area contributed by atoms with Gasteiger partial charge in [0.05, 0.1) is 33.5 Å². The third-order valence-electron chi connectivity index (χ3n) is 10.8. The zero-order chi connectivity index (χ0) is 50.3. The molecule has 0 fully saturated rings. The van der Waals surface area contributed by atoms with Gasteiger partial charge in [0, 0.05) is 22.4 Å². The van der Waals surface area contributed by atoms with Gasteiger partial charge in [-0.2, -0.15) is 8.42 Å². The fourth-order valence-electron chi connectivity index (χ4n) is 7.44. The van der Waals surface area contributed by atoms with E-state index in [1.807, 2.05) is 37.3 Å². The number of hydrogen-bond donors (Lipinski definition) is 1. The summed E-state index contributed by atoms with van der Waals surface area (Å²) in [6.07, 6.45) is 0.372. The van der Waals surface area contributed by atoms with Gasteiger partial charge in [0.2, 0.25) is 12.0 Å². The van der Waals surface area contributed by atoms with E-state index >= 15 is 0 Å². The summed E-state index contributed by atoms with van der Waals surface area (Å²) in [7, 11) is -4.20. The monoisotopic (exact) mass is 1030 g/mol. The topological polar surface area (TPSA) is 153 Å². The van der Waals surface area contributed by atoms with Crippen LogP contribution in [0.25, 0.3) is 31.8 Å². The second-order valence-electron chi connectivity index (χ2n) is 17.3. The number of aromatic nitrogens is 2. The highest BCUT2D eigenvalue weighted by Crippen LogP contribution is 2.53. The predicted octanol–water partition coefficient (Wildman–Crippen LogP) is 12.4. The molecule has 5 aromatic carbocycles. The highest BCUT2D eigenvalue weighted by Gasteiger charge is 2.33. The van der Waals surface area contributed by atoms with Gasteiger partial charge in [0.1, 0.15) is 53.4 Å². The minimum absolute atomic E-state index is 0.00474. The Morgan fingerprint density at radius 2 is 1.57 bits per heavy atom. The average Bonchev–Trinajstić information content (AvgIpc) is 3.71. The summed E-state index contributed by atoms with van der Waals surface area (Å²) < 4.78 is 77.4. The number of benzene rings is 5. The molecular formula is C53H51Cl2FN2O10S2. The van der Waals surface area contributed by atoms with Crippen LogP contribution in [-0.4, -0.2) is 67.1 Å². The molecule has 12 nitrogen and oxygen atoms in total. The summed E-state index contributed by atoms with van der Waals surface area (Å²) in [6, 6.07) is 26.3. The van der Waals surface area contributed by atoms with Crippen LogP contribution < -0.4 is 14.2 Å². The quantitative estimate of drug-likeness (QED) is 0.0335. The Labute approximate surface area is 420 Å². The number of nitrogens with zero attached hydrogens (tertiary/aromatic N) is 2. The van der Waals surface area contributed by atoms with Crippen LogP contribution in [0.2, 0.25) is 10.0 Å². The Kier molecular flexibility index (Phi) is 16.5. The Morgan fingerprint density at radius 1 is 0.886 bits per heavy atom. The van der Waals surface area contributed by atoms with E-state index in [4.69, 9.17) is 51.1 Å². The van der Waals surface area contributed by atoms with E-state index in [0.29, 0.717) is 54.2 Å². The van der Waals surface area contributed by atoms with Crippen molar-refractivity contribution in [1.82, 2.24) is 9.97 Å². The van der Waals surface area contributed by atoms with Gasteiger partial charge in [-0.1, -0.05) is 89.4 Å². The molecule has 2 aromatic heterocycles. The number of carbonyl (C=O) groups is 1. The smallest absolute Gasteiger partial charge is 0.348 e. The van der Waals surface area contributed by atoms with Crippen LogP contribution >= 0.6 is 34.5 Å². The number of aromatic hydroxyl groups is 1. The van der Waals surface area contributed by atoms with Crippen molar-refractivity contribution in [2.75, 3.05) is 19.8 Å². The molecule has 17 heteroatoms. The molecule has 7 aromatic rings. The maximum atomic E-state index is 14.5. The Bertz CT molecular complexity index is 3080. The lowest BCUT2D eigenvalue weighted by molar-refractivity contribution is -0.163. The minimum Gasteiger partial charge on any atom is -0.508 e. The number of esters is 1. The first-order chi connectivity index (χ1) is 33.3. The van der Waals surface area contributed by atoms with Gasteiger partial charge in [0.25, 0.3) is 10.1 Å². The van der Waals surface area contributed by atoms with Crippen molar-refractivity contribution in [3.63, 3.8) is 0 Å². The van der Waals surface area contributed by atoms with Crippen LogP contribution in [0.1, 0.15) is 48.6 Å². The van der Waals surface area contributed by atoms with E-state index in [2.05, 4.69) is 16.5 Å². The molecule has 70 heavy (non-hydrogen) atoms. The average molecular weight is 1030 g/mol. The van der Waals surface area contributed by atoms with Crippen molar-refractivity contribution in [2.45, 2.75) is 77.3 Å². The van der Waals surface area contributed by atoms with Crippen LogP contribution in [0.3, 0.4) is 0 Å². The summed E-state index contributed by atoms with van der Waals surface area (Å²) in [4.78, 5) is 24.5. The summed E-state index contributed by atoms with van der Waals surface area (Å²) in [5, 5.41) is 11.2. The highest BCUT2D eigenvalue weighted by molar-refractivity contribution is 7.86. The van der Waals surface area contributed by atoms with Crippen molar-refractivity contribution in [3.05, 3.63) is 160 Å². The van der Waals surface area contributed by atoms with Crippen LogP contribution in [-0.2, 0) is 41.6 Å². The minimum atomic E-state index is -4.20. The molecule has 7 rings (SSSR count). The second-order valence-corrected chi connectivity index (χ2v) is 20.7. The summed E-state index contributed by atoms with van der Waals surface area (Å²) in [6.45, 7) is 14.1. The third kappa shape index (κ3) is 12.4. The maximum absolute atomic E-state index is 14.5. The molecule has 366 valence electrons. The van der Waals surface area contributed by atoms with E-state index in [1.165, 1.54) is 60.1 Å². The van der Waals surface area contributed by atoms with Crippen molar-refractivity contribution in [1.29, 1.82) is 0 Å². The lowest BCUT2D eigenvalue weighted by atomic mass is 9.92. The summed E-state index contributed by atoms with van der Waals surface area (Å²) in [5.41, 5.74) is 3.96.